The van der Waals surface area contributed by atoms with E-state index >= 15 is 0 Å². The molecule has 274 valence electrons. The predicted molar refractivity (Wildman–Crippen MR) is 233 cm³/mol. The molecule has 2 heteroatoms. The number of para-hydroxylation sites is 3. The standard InChI is InChI=1S/C54H48N2/c1-4-14-43(15-5-1)55(44-16-6-2-7-17-44)46-28-24-40(25-29-46)54(38-39-22-23-42(54)36-39)41-26-30-47(31-27-41)56(45-18-8-3-9-19-45)48-32-33-52-50(37-48)49-20-10-11-21-51(49)53(52)34-12-13-35-53/h1-11,14-21,24-33,37,39,42H,12-13,22-23,34-36,38H2. The number of hydrogen-bond acceptors (Lipinski definition) is 2. The maximum absolute atomic E-state index is 2.48. The van der Waals surface area contributed by atoms with Crippen molar-refractivity contribution in [3.05, 3.63) is 204 Å². The molecule has 7 aromatic carbocycles. The van der Waals surface area contributed by atoms with Gasteiger partial charge < -0.3 is 9.80 Å². The fraction of sp³-hybridized carbons (Fsp3) is 0.222. The molecule has 3 fully saturated rings. The summed E-state index contributed by atoms with van der Waals surface area (Å²) in [5.41, 5.74) is 16.2. The highest BCUT2D eigenvalue weighted by Gasteiger charge is 2.53. The molecule has 4 aliphatic rings. The quantitative estimate of drug-likeness (QED) is 0.154. The molecule has 0 aliphatic heterocycles. The summed E-state index contributed by atoms with van der Waals surface area (Å²) in [6.45, 7) is 0. The second-order valence-electron chi connectivity index (χ2n) is 16.9. The Bertz CT molecular complexity index is 2440. The summed E-state index contributed by atoms with van der Waals surface area (Å²) in [7, 11) is 0. The molecule has 0 amide bonds. The predicted octanol–water partition coefficient (Wildman–Crippen LogP) is 14.6. The van der Waals surface area contributed by atoms with Crippen molar-refractivity contribution in [3.8, 4) is 11.1 Å². The zero-order valence-corrected chi connectivity index (χ0v) is 32.0. The van der Waals surface area contributed by atoms with Gasteiger partial charge in [-0.15, -0.1) is 0 Å². The van der Waals surface area contributed by atoms with Crippen LogP contribution in [0.5, 0.6) is 0 Å². The summed E-state index contributed by atoms with van der Waals surface area (Å²) in [5.74, 6) is 1.45. The number of hydrogen-bond donors (Lipinski definition) is 0. The van der Waals surface area contributed by atoms with Crippen molar-refractivity contribution in [2.24, 2.45) is 11.8 Å². The molecule has 0 radical (unpaired) electrons. The molecule has 3 saturated carbocycles. The van der Waals surface area contributed by atoms with Gasteiger partial charge in [0.15, 0.2) is 0 Å². The van der Waals surface area contributed by atoms with Crippen LogP contribution in [0.15, 0.2) is 182 Å². The normalized spacial score (nSPS) is 21.2. The first-order valence-electron chi connectivity index (χ1n) is 20.9. The van der Waals surface area contributed by atoms with Gasteiger partial charge in [-0.1, -0.05) is 128 Å². The van der Waals surface area contributed by atoms with Crippen LogP contribution in [0.2, 0.25) is 0 Å². The lowest BCUT2D eigenvalue weighted by Gasteiger charge is -2.40. The van der Waals surface area contributed by atoms with Crippen LogP contribution in [0, 0.1) is 11.8 Å². The first-order valence-corrected chi connectivity index (χ1v) is 20.9. The summed E-state index contributed by atoms with van der Waals surface area (Å²) in [5, 5.41) is 0. The number of benzene rings is 7. The second kappa shape index (κ2) is 13.4. The molecule has 4 aliphatic carbocycles. The van der Waals surface area contributed by atoms with Gasteiger partial charge in [0.2, 0.25) is 0 Å². The Labute approximate surface area is 332 Å². The molecule has 0 aromatic heterocycles. The Hall–Kier alpha value is -5.86. The van der Waals surface area contributed by atoms with Gasteiger partial charge in [0.1, 0.15) is 0 Å². The van der Waals surface area contributed by atoms with E-state index in [4.69, 9.17) is 0 Å². The van der Waals surface area contributed by atoms with Gasteiger partial charge in [-0.05, 0) is 150 Å². The topological polar surface area (TPSA) is 6.48 Å². The first kappa shape index (κ1) is 33.5. The van der Waals surface area contributed by atoms with Crippen molar-refractivity contribution in [2.75, 3.05) is 9.80 Å². The number of nitrogens with zero attached hydrogens (tertiary/aromatic N) is 2. The second-order valence-corrected chi connectivity index (χ2v) is 16.9. The lowest BCUT2D eigenvalue weighted by molar-refractivity contribution is 0.320. The van der Waals surface area contributed by atoms with Gasteiger partial charge in [-0.25, -0.2) is 0 Å². The summed E-state index contributed by atoms with van der Waals surface area (Å²) in [4.78, 5) is 4.84. The lowest BCUT2D eigenvalue weighted by atomic mass is 9.64. The van der Waals surface area contributed by atoms with Crippen LogP contribution in [0.3, 0.4) is 0 Å². The first-order chi connectivity index (χ1) is 27.7. The van der Waals surface area contributed by atoms with E-state index < -0.39 is 0 Å². The Balaban J connectivity index is 0.978. The van der Waals surface area contributed by atoms with Crippen LogP contribution in [0.25, 0.3) is 11.1 Å². The minimum atomic E-state index is 0.0226. The molecular weight excluding hydrogens is 677 g/mol. The summed E-state index contributed by atoms with van der Waals surface area (Å²) < 4.78 is 0. The van der Waals surface area contributed by atoms with Crippen molar-refractivity contribution in [2.45, 2.75) is 62.2 Å². The number of rotatable bonds is 8. The van der Waals surface area contributed by atoms with Gasteiger partial charge in [-0.2, -0.15) is 0 Å². The third kappa shape index (κ3) is 5.22. The van der Waals surface area contributed by atoms with E-state index in [1.807, 2.05) is 0 Å². The highest BCUT2D eigenvalue weighted by atomic mass is 15.1. The molecule has 3 unspecified atom stereocenters. The third-order valence-electron chi connectivity index (χ3n) is 14.1. The van der Waals surface area contributed by atoms with Crippen molar-refractivity contribution >= 4 is 34.1 Å². The molecule has 0 N–H and O–H groups in total. The average molecular weight is 725 g/mol. The lowest BCUT2D eigenvalue weighted by Crippen LogP contribution is -2.34. The number of fused-ring (bicyclic) bond motifs is 7. The van der Waals surface area contributed by atoms with Crippen LogP contribution in [0.1, 0.15) is 73.6 Å². The average Bonchev–Trinajstić information content (AvgIpc) is 4.08. The van der Waals surface area contributed by atoms with Crippen LogP contribution in [0.4, 0.5) is 34.1 Å². The van der Waals surface area contributed by atoms with E-state index in [-0.39, 0.29) is 10.8 Å². The molecule has 7 aromatic rings. The maximum atomic E-state index is 2.48. The van der Waals surface area contributed by atoms with Gasteiger partial charge in [0.25, 0.3) is 0 Å². The Morgan fingerprint density at radius 2 is 0.875 bits per heavy atom. The van der Waals surface area contributed by atoms with E-state index in [1.165, 1.54) is 119 Å². The van der Waals surface area contributed by atoms with Crippen LogP contribution in [-0.4, -0.2) is 0 Å². The van der Waals surface area contributed by atoms with Crippen molar-refractivity contribution < 1.29 is 0 Å². The molecule has 2 bridgehead atoms. The highest BCUT2D eigenvalue weighted by Crippen LogP contribution is 2.61. The monoisotopic (exact) mass is 724 g/mol. The zero-order valence-electron chi connectivity index (χ0n) is 32.0. The Kier molecular flexibility index (Phi) is 8.02. The van der Waals surface area contributed by atoms with E-state index in [0.29, 0.717) is 5.92 Å². The van der Waals surface area contributed by atoms with E-state index in [1.54, 1.807) is 0 Å². The van der Waals surface area contributed by atoms with Crippen molar-refractivity contribution in [1.82, 2.24) is 0 Å². The largest absolute Gasteiger partial charge is 0.311 e. The third-order valence-corrected chi connectivity index (χ3v) is 14.1. The van der Waals surface area contributed by atoms with Gasteiger partial charge >= 0.3 is 0 Å². The Morgan fingerprint density at radius 3 is 1.39 bits per heavy atom. The molecule has 3 atom stereocenters. The molecule has 0 heterocycles. The zero-order chi connectivity index (χ0) is 37.1. The summed E-state index contributed by atoms with van der Waals surface area (Å²) in [6, 6.07) is 68.3. The maximum Gasteiger partial charge on any atom is 0.0468 e. The van der Waals surface area contributed by atoms with Gasteiger partial charge in [0, 0.05) is 45.0 Å². The fourth-order valence-corrected chi connectivity index (χ4v) is 11.8. The molecule has 1 spiro atoms. The summed E-state index contributed by atoms with van der Waals surface area (Å²) in [6.07, 6.45) is 10.4. The molecule has 0 saturated heterocycles. The van der Waals surface area contributed by atoms with Crippen molar-refractivity contribution in [1.29, 1.82) is 0 Å². The van der Waals surface area contributed by atoms with E-state index in [2.05, 4.69) is 192 Å². The van der Waals surface area contributed by atoms with Crippen LogP contribution >= 0.6 is 0 Å². The highest BCUT2D eigenvalue weighted by molar-refractivity contribution is 5.87. The molecule has 2 nitrogen and oxygen atoms in total. The molecule has 56 heavy (non-hydrogen) atoms. The number of anilines is 6. The van der Waals surface area contributed by atoms with Gasteiger partial charge in [-0.3, -0.25) is 0 Å². The van der Waals surface area contributed by atoms with Gasteiger partial charge in [0.05, 0.1) is 0 Å². The molecule has 11 rings (SSSR count). The van der Waals surface area contributed by atoms with Crippen LogP contribution < -0.4 is 9.80 Å². The smallest absolute Gasteiger partial charge is 0.0468 e. The minimum absolute atomic E-state index is 0.0226. The SMILES string of the molecule is c1ccc(N(c2ccccc2)c2ccc(C3(c4ccc(N(c5ccccc5)c5ccc6c(c5)-c5ccccc5C65CCCC5)cc4)CC4CCC3C4)cc2)cc1. The Morgan fingerprint density at radius 1 is 0.411 bits per heavy atom. The van der Waals surface area contributed by atoms with E-state index in [9.17, 15) is 0 Å². The summed E-state index contributed by atoms with van der Waals surface area (Å²) >= 11 is 0. The fourth-order valence-electron chi connectivity index (χ4n) is 11.8. The van der Waals surface area contributed by atoms with Crippen LogP contribution in [-0.2, 0) is 10.8 Å². The van der Waals surface area contributed by atoms with E-state index in [0.717, 1.165) is 5.92 Å². The minimum Gasteiger partial charge on any atom is -0.311 e. The van der Waals surface area contributed by atoms with Crippen molar-refractivity contribution in [3.63, 3.8) is 0 Å². The molecular formula is C54H48N2.